The van der Waals surface area contributed by atoms with Crippen molar-refractivity contribution in [3.63, 3.8) is 0 Å². The summed E-state index contributed by atoms with van der Waals surface area (Å²) in [6, 6.07) is 9.68. The van der Waals surface area contributed by atoms with E-state index in [0.29, 0.717) is 19.6 Å². The molecule has 102 valence electrons. The second kappa shape index (κ2) is 7.70. The zero-order valence-electron chi connectivity index (χ0n) is 11.0. The zero-order chi connectivity index (χ0) is 13.4. The molecule has 0 radical (unpaired) electrons. The van der Waals surface area contributed by atoms with Crippen molar-refractivity contribution in [2.24, 2.45) is 5.73 Å². The highest BCUT2D eigenvalue weighted by Gasteiger charge is 2.26. The van der Waals surface area contributed by atoms with E-state index in [1.807, 2.05) is 30.3 Å². The van der Waals surface area contributed by atoms with Gasteiger partial charge in [-0.05, 0) is 25.8 Å². The first-order chi connectivity index (χ1) is 8.59. The lowest BCUT2D eigenvalue weighted by atomic mass is 10.1. The standard InChI is InChI=1S/C13H22NO3P/c1-3-16-18(15,17-4-2)11-13(14)10-12-8-6-5-7-9-12/h5-9,13H,3-4,10-11,14H2,1-2H3/t13-/m1/s1. The molecular formula is C13H22NO3P. The highest BCUT2D eigenvalue weighted by molar-refractivity contribution is 7.53. The molecule has 0 unspecified atom stereocenters. The lowest BCUT2D eigenvalue weighted by Crippen LogP contribution is -2.28. The first kappa shape index (κ1) is 15.4. The highest BCUT2D eigenvalue weighted by atomic mass is 31.2. The normalized spacial score (nSPS) is 13.5. The van der Waals surface area contributed by atoms with Crippen molar-refractivity contribution < 1.29 is 13.6 Å². The topological polar surface area (TPSA) is 61.5 Å². The Morgan fingerprint density at radius 3 is 2.22 bits per heavy atom. The molecule has 1 aromatic rings. The van der Waals surface area contributed by atoms with Crippen LogP contribution >= 0.6 is 7.60 Å². The van der Waals surface area contributed by atoms with E-state index >= 15 is 0 Å². The molecule has 18 heavy (non-hydrogen) atoms. The maximum atomic E-state index is 12.3. The van der Waals surface area contributed by atoms with Gasteiger partial charge in [0, 0.05) is 6.04 Å². The van der Waals surface area contributed by atoms with Gasteiger partial charge in [-0.25, -0.2) is 0 Å². The van der Waals surface area contributed by atoms with Crippen molar-refractivity contribution >= 4 is 7.60 Å². The molecule has 0 aliphatic carbocycles. The van der Waals surface area contributed by atoms with Gasteiger partial charge in [-0.1, -0.05) is 30.3 Å². The minimum atomic E-state index is -3.04. The van der Waals surface area contributed by atoms with E-state index in [2.05, 4.69) is 0 Å². The van der Waals surface area contributed by atoms with Crippen LogP contribution in [-0.4, -0.2) is 25.4 Å². The number of hydrogen-bond donors (Lipinski definition) is 1. The predicted octanol–water partition coefficient (Wildman–Crippen LogP) is 2.82. The average molecular weight is 271 g/mol. The van der Waals surface area contributed by atoms with Crippen LogP contribution in [0.1, 0.15) is 19.4 Å². The molecule has 4 nitrogen and oxygen atoms in total. The van der Waals surface area contributed by atoms with E-state index < -0.39 is 7.60 Å². The maximum Gasteiger partial charge on any atom is 0.332 e. The fourth-order valence-electron chi connectivity index (χ4n) is 1.80. The van der Waals surface area contributed by atoms with Gasteiger partial charge in [0.25, 0.3) is 0 Å². The molecular weight excluding hydrogens is 249 g/mol. The van der Waals surface area contributed by atoms with Gasteiger partial charge in [-0.2, -0.15) is 0 Å². The Kier molecular flexibility index (Phi) is 6.58. The number of benzene rings is 1. The molecule has 0 aliphatic rings. The van der Waals surface area contributed by atoms with Gasteiger partial charge in [-0.3, -0.25) is 4.57 Å². The predicted molar refractivity (Wildman–Crippen MR) is 73.8 cm³/mol. The summed E-state index contributed by atoms with van der Waals surface area (Å²) in [6.45, 7) is 4.34. The summed E-state index contributed by atoms with van der Waals surface area (Å²) in [5, 5.41) is 0. The largest absolute Gasteiger partial charge is 0.332 e. The van der Waals surface area contributed by atoms with Crippen molar-refractivity contribution in [2.45, 2.75) is 26.3 Å². The second-order valence-electron chi connectivity index (χ2n) is 4.08. The van der Waals surface area contributed by atoms with Gasteiger partial charge < -0.3 is 14.8 Å². The number of rotatable bonds is 8. The molecule has 0 saturated carbocycles. The summed E-state index contributed by atoms with van der Waals surface area (Å²) in [6.07, 6.45) is 0.925. The quantitative estimate of drug-likeness (QED) is 0.738. The van der Waals surface area contributed by atoms with Gasteiger partial charge in [0.05, 0.1) is 19.4 Å². The molecule has 1 atom stereocenters. The second-order valence-corrected chi connectivity index (χ2v) is 6.18. The van der Waals surface area contributed by atoms with Gasteiger partial charge in [0.1, 0.15) is 0 Å². The summed E-state index contributed by atoms with van der Waals surface area (Å²) in [7, 11) is -3.04. The van der Waals surface area contributed by atoms with Crippen LogP contribution in [0, 0.1) is 0 Å². The van der Waals surface area contributed by atoms with E-state index in [0.717, 1.165) is 5.56 Å². The van der Waals surface area contributed by atoms with Crippen LogP contribution in [0.4, 0.5) is 0 Å². The van der Waals surface area contributed by atoms with Crippen LogP contribution in [0.5, 0.6) is 0 Å². The Bertz CT molecular complexity index is 373. The third kappa shape index (κ3) is 5.32. The van der Waals surface area contributed by atoms with Crippen molar-refractivity contribution in [3.05, 3.63) is 35.9 Å². The molecule has 0 aliphatic heterocycles. The summed E-state index contributed by atoms with van der Waals surface area (Å²) in [5.41, 5.74) is 7.15. The van der Waals surface area contributed by atoms with E-state index in [1.165, 1.54) is 0 Å². The third-order valence-corrected chi connectivity index (χ3v) is 4.67. The van der Waals surface area contributed by atoms with Crippen molar-refractivity contribution in [1.29, 1.82) is 0 Å². The molecule has 2 N–H and O–H groups in total. The van der Waals surface area contributed by atoms with E-state index in [4.69, 9.17) is 14.8 Å². The van der Waals surface area contributed by atoms with E-state index in [1.54, 1.807) is 13.8 Å². The number of hydrogen-bond acceptors (Lipinski definition) is 4. The molecule has 0 fully saturated rings. The summed E-state index contributed by atoms with van der Waals surface area (Å²) in [5.74, 6) is 0. The van der Waals surface area contributed by atoms with Crippen LogP contribution in [0.15, 0.2) is 30.3 Å². The molecule has 0 amide bonds. The lowest BCUT2D eigenvalue weighted by Gasteiger charge is -2.20. The van der Waals surface area contributed by atoms with E-state index in [9.17, 15) is 4.57 Å². The van der Waals surface area contributed by atoms with Crippen LogP contribution in [0.2, 0.25) is 0 Å². The fourth-order valence-corrected chi connectivity index (χ4v) is 3.58. The maximum absolute atomic E-state index is 12.3. The first-order valence-corrected chi connectivity index (χ1v) is 8.00. The van der Waals surface area contributed by atoms with Crippen molar-refractivity contribution in [1.82, 2.24) is 0 Å². The van der Waals surface area contributed by atoms with Gasteiger partial charge in [0.2, 0.25) is 0 Å². The minimum Gasteiger partial charge on any atom is -0.327 e. The third-order valence-electron chi connectivity index (χ3n) is 2.45. The van der Waals surface area contributed by atoms with Crippen LogP contribution < -0.4 is 5.73 Å². The molecule has 0 bridgehead atoms. The first-order valence-electron chi connectivity index (χ1n) is 6.27. The Morgan fingerprint density at radius 2 is 1.72 bits per heavy atom. The fraction of sp³-hybridized carbons (Fsp3) is 0.538. The highest BCUT2D eigenvalue weighted by Crippen LogP contribution is 2.48. The van der Waals surface area contributed by atoms with E-state index in [-0.39, 0.29) is 12.2 Å². The monoisotopic (exact) mass is 271 g/mol. The minimum absolute atomic E-state index is 0.226. The van der Waals surface area contributed by atoms with Crippen LogP contribution in [0.25, 0.3) is 0 Å². The smallest absolute Gasteiger partial charge is 0.327 e. The van der Waals surface area contributed by atoms with Gasteiger partial charge >= 0.3 is 7.60 Å². The summed E-state index contributed by atoms with van der Waals surface area (Å²) in [4.78, 5) is 0. The average Bonchev–Trinajstić information content (AvgIpc) is 2.30. The van der Waals surface area contributed by atoms with Crippen molar-refractivity contribution in [2.75, 3.05) is 19.4 Å². The SMILES string of the molecule is CCOP(=O)(C[C@H](N)Cc1ccccc1)OCC. The molecule has 0 aromatic heterocycles. The van der Waals surface area contributed by atoms with Gasteiger partial charge in [0.15, 0.2) is 0 Å². The summed E-state index contributed by atoms with van der Waals surface area (Å²) >= 11 is 0. The Hall–Kier alpha value is -0.670. The molecule has 1 aromatic carbocycles. The summed E-state index contributed by atoms with van der Waals surface area (Å²) < 4.78 is 22.8. The van der Waals surface area contributed by atoms with Gasteiger partial charge in [-0.15, -0.1) is 0 Å². The Morgan fingerprint density at radius 1 is 1.17 bits per heavy atom. The molecule has 0 saturated heterocycles. The zero-order valence-corrected chi connectivity index (χ0v) is 11.9. The van der Waals surface area contributed by atoms with Crippen LogP contribution in [-0.2, 0) is 20.0 Å². The van der Waals surface area contributed by atoms with Crippen LogP contribution in [0.3, 0.4) is 0 Å². The molecule has 1 rings (SSSR count). The Labute approximate surface area is 109 Å². The number of nitrogens with two attached hydrogens (primary N) is 1. The molecule has 0 heterocycles. The van der Waals surface area contributed by atoms with Crippen molar-refractivity contribution in [3.8, 4) is 0 Å². The lowest BCUT2D eigenvalue weighted by molar-refractivity contribution is 0.218. The molecule has 5 heteroatoms. The Balaban J connectivity index is 2.56. The molecule has 0 spiro atoms.